The van der Waals surface area contributed by atoms with Crippen LogP contribution in [0.4, 0.5) is 0 Å². The van der Waals surface area contributed by atoms with Crippen LogP contribution in [0, 0.1) is 5.92 Å². The zero-order valence-corrected chi connectivity index (χ0v) is 11.6. The first-order valence-electron chi connectivity index (χ1n) is 7.22. The molecule has 4 unspecified atom stereocenters. The van der Waals surface area contributed by atoms with Gasteiger partial charge >= 0.3 is 0 Å². The molecule has 0 spiro atoms. The van der Waals surface area contributed by atoms with E-state index in [1.54, 1.807) is 0 Å². The van der Waals surface area contributed by atoms with E-state index in [-0.39, 0.29) is 0 Å². The van der Waals surface area contributed by atoms with Crippen molar-refractivity contribution in [2.45, 2.75) is 57.2 Å². The maximum absolute atomic E-state index is 5.49. The molecule has 3 heteroatoms. The van der Waals surface area contributed by atoms with Gasteiger partial charge in [0.05, 0.1) is 6.10 Å². The highest BCUT2D eigenvalue weighted by Crippen LogP contribution is 2.32. The Hall–Kier alpha value is -0.120. The van der Waals surface area contributed by atoms with Gasteiger partial charge in [0.1, 0.15) is 0 Å². The van der Waals surface area contributed by atoms with E-state index < -0.39 is 0 Å². The minimum Gasteiger partial charge on any atom is -0.380 e. The van der Waals surface area contributed by atoms with Gasteiger partial charge in [-0.05, 0) is 38.6 Å². The first-order valence-corrected chi connectivity index (χ1v) is 7.22. The Bertz CT molecular complexity index is 234. The van der Waals surface area contributed by atoms with Gasteiger partial charge in [-0.3, -0.25) is 4.90 Å². The molecular formula is C14H28N2O. The number of nitrogens with one attached hydrogen (secondary N) is 1. The Balaban J connectivity index is 1.95. The molecule has 0 radical (unpaired) electrons. The number of hydrogen-bond acceptors (Lipinski definition) is 3. The predicted molar refractivity (Wildman–Crippen MR) is 71.3 cm³/mol. The van der Waals surface area contributed by atoms with Gasteiger partial charge in [0.25, 0.3) is 0 Å². The highest BCUT2D eigenvalue weighted by molar-refractivity contribution is 4.93. The smallest absolute Gasteiger partial charge is 0.0710 e. The van der Waals surface area contributed by atoms with Gasteiger partial charge in [-0.1, -0.05) is 13.3 Å². The second-order valence-electron chi connectivity index (χ2n) is 5.69. The lowest BCUT2D eigenvalue weighted by atomic mass is 9.80. The van der Waals surface area contributed by atoms with Crippen LogP contribution in [0.25, 0.3) is 0 Å². The van der Waals surface area contributed by atoms with Crippen LogP contribution in [0.3, 0.4) is 0 Å². The summed E-state index contributed by atoms with van der Waals surface area (Å²) in [6.07, 6.45) is 7.13. The summed E-state index contributed by atoms with van der Waals surface area (Å²) in [6.45, 7) is 4.69. The van der Waals surface area contributed by atoms with Gasteiger partial charge in [0.2, 0.25) is 0 Å². The van der Waals surface area contributed by atoms with Gasteiger partial charge in [0.15, 0.2) is 0 Å². The van der Waals surface area contributed by atoms with Crippen LogP contribution in [0.5, 0.6) is 0 Å². The third kappa shape index (κ3) is 3.01. The van der Waals surface area contributed by atoms with Crippen LogP contribution in [-0.4, -0.2) is 50.3 Å². The normalized spacial score (nSPS) is 39.7. The summed E-state index contributed by atoms with van der Waals surface area (Å²) in [4.78, 5) is 2.66. The molecule has 2 rings (SSSR count). The molecule has 0 aromatic heterocycles. The van der Waals surface area contributed by atoms with E-state index in [9.17, 15) is 0 Å². The van der Waals surface area contributed by atoms with Gasteiger partial charge in [-0.25, -0.2) is 0 Å². The van der Waals surface area contributed by atoms with E-state index in [2.05, 4.69) is 24.2 Å². The Morgan fingerprint density at radius 3 is 2.71 bits per heavy atom. The summed E-state index contributed by atoms with van der Waals surface area (Å²) in [7, 11) is 3.97. The molecule has 0 aromatic rings. The molecule has 0 amide bonds. The summed E-state index contributed by atoms with van der Waals surface area (Å²) in [5.41, 5.74) is 0. The average Bonchev–Trinajstić information content (AvgIpc) is 2.86. The number of nitrogens with zero attached hydrogens (tertiary/aromatic N) is 1. The van der Waals surface area contributed by atoms with E-state index in [1.165, 1.54) is 38.6 Å². The first-order chi connectivity index (χ1) is 8.28. The molecule has 1 heterocycles. The number of ether oxygens (including phenoxy) is 1. The Morgan fingerprint density at radius 1 is 1.29 bits per heavy atom. The summed E-state index contributed by atoms with van der Waals surface area (Å²) >= 11 is 0. The van der Waals surface area contributed by atoms with E-state index in [0.717, 1.165) is 18.5 Å². The molecule has 2 fully saturated rings. The highest BCUT2D eigenvalue weighted by atomic mass is 16.5. The molecule has 100 valence electrons. The second kappa shape index (κ2) is 6.17. The van der Waals surface area contributed by atoms with Crippen LogP contribution in [0.1, 0.15) is 39.0 Å². The molecular weight excluding hydrogens is 212 g/mol. The molecule has 2 aliphatic rings. The molecule has 1 saturated carbocycles. The molecule has 1 aliphatic heterocycles. The fraction of sp³-hybridized carbons (Fsp3) is 1.00. The van der Waals surface area contributed by atoms with E-state index in [0.29, 0.717) is 12.1 Å². The van der Waals surface area contributed by atoms with E-state index >= 15 is 0 Å². The molecule has 17 heavy (non-hydrogen) atoms. The van der Waals surface area contributed by atoms with Crippen LogP contribution in [0.15, 0.2) is 0 Å². The molecule has 3 nitrogen and oxygen atoms in total. The lowest BCUT2D eigenvalue weighted by Crippen LogP contribution is -2.51. The minimum absolute atomic E-state index is 0.467. The van der Waals surface area contributed by atoms with Gasteiger partial charge in [-0.2, -0.15) is 0 Å². The molecule has 1 N–H and O–H groups in total. The van der Waals surface area contributed by atoms with Crippen LogP contribution in [0.2, 0.25) is 0 Å². The van der Waals surface area contributed by atoms with Crippen molar-refractivity contribution in [1.82, 2.24) is 10.2 Å². The largest absolute Gasteiger partial charge is 0.380 e. The maximum Gasteiger partial charge on any atom is 0.0710 e. The third-order valence-corrected chi connectivity index (χ3v) is 4.85. The van der Waals surface area contributed by atoms with Crippen LogP contribution in [-0.2, 0) is 4.74 Å². The number of hydrogen-bond donors (Lipinski definition) is 1. The molecule has 4 atom stereocenters. The topological polar surface area (TPSA) is 24.5 Å². The number of likely N-dealkylation sites (tertiary alicyclic amines) is 1. The van der Waals surface area contributed by atoms with Crippen molar-refractivity contribution >= 4 is 0 Å². The van der Waals surface area contributed by atoms with Gasteiger partial charge in [0, 0.05) is 32.3 Å². The molecule has 0 aromatic carbocycles. The number of methoxy groups -OCH3 is 1. The van der Waals surface area contributed by atoms with Crippen LogP contribution < -0.4 is 5.32 Å². The maximum atomic E-state index is 5.49. The van der Waals surface area contributed by atoms with E-state index in [1.807, 2.05) is 7.11 Å². The minimum atomic E-state index is 0.467. The van der Waals surface area contributed by atoms with Crippen molar-refractivity contribution in [3.05, 3.63) is 0 Å². The highest BCUT2D eigenvalue weighted by Gasteiger charge is 2.36. The predicted octanol–water partition coefficient (Wildman–Crippen LogP) is 1.87. The first kappa shape index (κ1) is 13.3. The van der Waals surface area contributed by atoms with Crippen molar-refractivity contribution < 1.29 is 4.74 Å². The Kier molecular flexibility index (Phi) is 4.83. The van der Waals surface area contributed by atoms with Crippen molar-refractivity contribution in [3.63, 3.8) is 0 Å². The third-order valence-electron chi connectivity index (χ3n) is 4.85. The second-order valence-corrected chi connectivity index (χ2v) is 5.69. The molecule has 1 saturated heterocycles. The van der Waals surface area contributed by atoms with Crippen LogP contribution >= 0.6 is 0 Å². The van der Waals surface area contributed by atoms with Crippen molar-refractivity contribution in [2.24, 2.45) is 5.92 Å². The lowest BCUT2D eigenvalue weighted by Gasteiger charge is -2.41. The van der Waals surface area contributed by atoms with Gasteiger partial charge < -0.3 is 10.1 Å². The summed E-state index contributed by atoms with van der Waals surface area (Å²) in [5, 5.41) is 3.53. The summed E-state index contributed by atoms with van der Waals surface area (Å²) in [6, 6.07) is 1.42. The lowest BCUT2D eigenvalue weighted by molar-refractivity contribution is 0.0783. The average molecular weight is 240 g/mol. The van der Waals surface area contributed by atoms with Crippen molar-refractivity contribution in [1.29, 1.82) is 0 Å². The standard InChI is InChI=1S/C14H28N2O/c1-4-11-5-6-13(15-2)14(9-11)16-8-7-12(10-16)17-3/h11-15H,4-10H2,1-3H3. The Labute approximate surface area is 106 Å². The fourth-order valence-electron chi connectivity index (χ4n) is 3.59. The van der Waals surface area contributed by atoms with E-state index in [4.69, 9.17) is 4.74 Å². The monoisotopic (exact) mass is 240 g/mol. The quantitative estimate of drug-likeness (QED) is 0.812. The van der Waals surface area contributed by atoms with Gasteiger partial charge in [-0.15, -0.1) is 0 Å². The summed E-state index contributed by atoms with van der Waals surface area (Å²) < 4.78 is 5.49. The van der Waals surface area contributed by atoms with Crippen molar-refractivity contribution in [2.75, 3.05) is 27.2 Å². The number of likely N-dealkylation sites (N-methyl/N-ethyl adjacent to an activating group) is 1. The summed E-state index contributed by atoms with van der Waals surface area (Å²) in [5.74, 6) is 0.936. The molecule has 1 aliphatic carbocycles. The van der Waals surface area contributed by atoms with Crippen molar-refractivity contribution in [3.8, 4) is 0 Å². The number of rotatable bonds is 4. The fourth-order valence-corrected chi connectivity index (χ4v) is 3.59. The zero-order valence-electron chi connectivity index (χ0n) is 11.6. The Morgan fingerprint density at radius 2 is 2.12 bits per heavy atom. The SMILES string of the molecule is CCC1CCC(NC)C(N2CCC(OC)C2)C1. The molecule has 0 bridgehead atoms. The zero-order chi connectivity index (χ0) is 12.3.